The number of nitrogens with zero attached hydrogens (tertiary/aromatic N) is 1. The van der Waals surface area contributed by atoms with Crippen LogP contribution in [-0.4, -0.2) is 19.2 Å². The molecule has 20 heavy (non-hydrogen) atoms. The first kappa shape index (κ1) is 13.2. The van der Waals surface area contributed by atoms with Gasteiger partial charge in [-0.2, -0.15) is 0 Å². The van der Waals surface area contributed by atoms with Gasteiger partial charge in [0.1, 0.15) is 0 Å². The standard InChI is InChI=1S/C18H20NO/c1-3-7-16(8-4-1)15-20-18-11-13-19(14-12-18)17-9-5-2-6-10-17/h1-5,7-10,18H,11-15H2. The van der Waals surface area contributed by atoms with E-state index in [4.69, 9.17) is 4.74 Å². The van der Waals surface area contributed by atoms with E-state index >= 15 is 0 Å². The van der Waals surface area contributed by atoms with Gasteiger partial charge in [-0.3, -0.25) is 0 Å². The van der Waals surface area contributed by atoms with Crippen molar-refractivity contribution in [2.45, 2.75) is 25.6 Å². The molecule has 1 fully saturated rings. The minimum Gasteiger partial charge on any atom is -0.373 e. The van der Waals surface area contributed by atoms with Crippen LogP contribution >= 0.6 is 0 Å². The summed E-state index contributed by atoms with van der Waals surface area (Å²) in [5.41, 5.74) is 2.53. The molecule has 1 saturated heterocycles. The monoisotopic (exact) mass is 266 g/mol. The molecule has 1 radical (unpaired) electrons. The van der Waals surface area contributed by atoms with Gasteiger partial charge in [-0.1, -0.05) is 42.5 Å². The van der Waals surface area contributed by atoms with E-state index in [1.54, 1.807) is 0 Å². The van der Waals surface area contributed by atoms with Crippen molar-refractivity contribution in [3.63, 3.8) is 0 Å². The Hall–Kier alpha value is -1.80. The maximum absolute atomic E-state index is 6.02. The molecule has 2 aromatic carbocycles. The molecule has 2 heteroatoms. The fourth-order valence-electron chi connectivity index (χ4n) is 2.65. The van der Waals surface area contributed by atoms with Gasteiger partial charge in [0.2, 0.25) is 0 Å². The number of piperidine rings is 1. The largest absolute Gasteiger partial charge is 0.373 e. The van der Waals surface area contributed by atoms with Gasteiger partial charge in [0, 0.05) is 18.8 Å². The van der Waals surface area contributed by atoms with Crippen molar-refractivity contribution < 1.29 is 4.74 Å². The third kappa shape index (κ3) is 3.40. The average Bonchev–Trinajstić information content (AvgIpc) is 2.55. The zero-order chi connectivity index (χ0) is 13.6. The molecule has 2 nitrogen and oxygen atoms in total. The third-order valence-electron chi connectivity index (χ3n) is 3.83. The minimum atomic E-state index is 0.388. The molecule has 1 heterocycles. The van der Waals surface area contributed by atoms with E-state index in [-0.39, 0.29) is 0 Å². The second-order valence-corrected chi connectivity index (χ2v) is 5.24. The van der Waals surface area contributed by atoms with Crippen molar-refractivity contribution in [1.82, 2.24) is 0 Å². The van der Waals surface area contributed by atoms with Crippen LogP contribution in [0.25, 0.3) is 0 Å². The summed E-state index contributed by atoms with van der Waals surface area (Å²) in [5.74, 6) is 0. The van der Waals surface area contributed by atoms with Crippen LogP contribution in [0.15, 0.2) is 54.6 Å². The SMILES string of the molecule is [c]1cccc(N2CCC(OCc3ccccc3)CC2)c1. The summed E-state index contributed by atoms with van der Waals surface area (Å²) in [5, 5.41) is 0. The lowest BCUT2D eigenvalue weighted by atomic mass is 10.1. The summed E-state index contributed by atoms with van der Waals surface area (Å²) < 4.78 is 6.02. The van der Waals surface area contributed by atoms with Crippen LogP contribution in [-0.2, 0) is 11.3 Å². The van der Waals surface area contributed by atoms with Gasteiger partial charge in [0.05, 0.1) is 12.7 Å². The molecular weight excluding hydrogens is 246 g/mol. The van der Waals surface area contributed by atoms with Crippen molar-refractivity contribution >= 4 is 5.69 Å². The molecule has 3 rings (SSSR count). The Bertz CT molecular complexity index is 503. The molecule has 0 bridgehead atoms. The van der Waals surface area contributed by atoms with Crippen LogP contribution < -0.4 is 4.90 Å². The van der Waals surface area contributed by atoms with Crippen LogP contribution in [0, 0.1) is 6.07 Å². The Balaban J connectivity index is 1.47. The lowest BCUT2D eigenvalue weighted by Gasteiger charge is -2.33. The molecule has 1 aliphatic heterocycles. The van der Waals surface area contributed by atoms with Crippen molar-refractivity contribution in [2.75, 3.05) is 18.0 Å². The molecule has 0 N–H and O–H groups in total. The highest BCUT2D eigenvalue weighted by atomic mass is 16.5. The van der Waals surface area contributed by atoms with E-state index in [0.29, 0.717) is 6.10 Å². The Kier molecular flexibility index (Phi) is 4.34. The van der Waals surface area contributed by atoms with Crippen LogP contribution in [0.1, 0.15) is 18.4 Å². The fraction of sp³-hybridized carbons (Fsp3) is 0.333. The molecular formula is C18H20NO. The average molecular weight is 266 g/mol. The highest BCUT2D eigenvalue weighted by Gasteiger charge is 2.19. The molecule has 1 aliphatic rings. The van der Waals surface area contributed by atoms with Gasteiger partial charge in [0.25, 0.3) is 0 Å². The Morgan fingerprint density at radius 2 is 1.85 bits per heavy atom. The quantitative estimate of drug-likeness (QED) is 0.837. The van der Waals surface area contributed by atoms with E-state index in [1.165, 1.54) is 11.3 Å². The molecule has 0 spiro atoms. The first-order chi connectivity index (χ1) is 9.92. The number of ether oxygens (including phenoxy) is 1. The topological polar surface area (TPSA) is 12.5 Å². The maximum atomic E-state index is 6.02. The summed E-state index contributed by atoms with van der Waals surface area (Å²) in [6.07, 6.45) is 2.59. The van der Waals surface area contributed by atoms with Gasteiger partial charge in [-0.05, 0) is 36.6 Å². The molecule has 0 aromatic heterocycles. The van der Waals surface area contributed by atoms with Crippen LogP contribution in [0.2, 0.25) is 0 Å². The summed E-state index contributed by atoms with van der Waals surface area (Å²) in [6, 6.07) is 21.8. The van der Waals surface area contributed by atoms with E-state index in [1.807, 2.05) is 18.2 Å². The predicted molar refractivity (Wildman–Crippen MR) is 81.7 cm³/mol. The molecule has 2 aromatic rings. The second kappa shape index (κ2) is 6.58. The Morgan fingerprint density at radius 3 is 2.55 bits per heavy atom. The zero-order valence-electron chi connectivity index (χ0n) is 11.7. The third-order valence-corrected chi connectivity index (χ3v) is 3.83. The zero-order valence-corrected chi connectivity index (χ0v) is 11.7. The molecule has 0 aliphatic carbocycles. The van der Waals surface area contributed by atoms with Crippen molar-refractivity contribution in [3.05, 3.63) is 66.2 Å². The fourth-order valence-corrected chi connectivity index (χ4v) is 2.65. The van der Waals surface area contributed by atoms with E-state index < -0.39 is 0 Å². The van der Waals surface area contributed by atoms with Crippen LogP contribution in [0.3, 0.4) is 0 Å². The van der Waals surface area contributed by atoms with Crippen molar-refractivity contribution in [1.29, 1.82) is 0 Å². The Morgan fingerprint density at radius 1 is 1.05 bits per heavy atom. The minimum absolute atomic E-state index is 0.388. The lowest BCUT2D eigenvalue weighted by molar-refractivity contribution is 0.0251. The smallest absolute Gasteiger partial charge is 0.0720 e. The summed E-state index contributed by atoms with van der Waals surface area (Å²) in [7, 11) is 0. The highest BCUT2D eigenvalue weighted by Crippen LogP contribution is 2.21. The number of hydrogen-bond donors (Lipinski definition) is 0. The molecule has 103 valence electrons. The molecule has 0 atom stereocenters. The highest BCUT2D eigenvalue weighted by molar-refractivity contribution is 5.45. The van der Waals surface area contributed by atoms with Gasteiger partial charge < -0.3 is 9.64 Å². The number of hydrogen-bond acceptors (Lipinski definition) is 2. The van der Waals surface area contributed by atoms with Gasteiger partial charge >= 0.3 is 0 Å². The Labute approximate surface area is 121 Å². The molecule has 0 amide bonds. The maximum Gasteiger partial charge on any atom is 0.0720 e. The lowest BCUT2D eigenvalue weighted by Crippen LogP contribution is -2.36. The second-order valence-electron chi connectivity index (χ2n) is 5.24. The first-order valence-corrected chi connectivity index (χ1v) is 7.28. The first-order valence-electron chi connectivity index (χ1n) is 7.28. The van der Waals surface area contributed by atoms with Crippen LogP contribution in [0.5, 0.6) is 0 Å². The van der Waals surface area contributed by atoms with E-state index in [0.717, 1.165) is 32.5 Å². The van der Waals surface area contributed by atoms with Gasteiger partial charge in [-0.25, -0.2) is 0 Å². The van der Waals surface area contributed by atoms with Gasteiger partial charge in [-0.15, -0.1) is 0 Å². The summed E-state index contributed by atoms with van der Waals surface area (Å²) >= 11 is 0. The van der Waals surface area contributed by atoms with E-state index in [9.17, 15) is 0 Å². The van der Waals surface area contributed by atoms with Crippen LogP contribution in [0.4, 0.5) is 5.69 Å². The van der Waals surface area contributed by atoms with Crippen molar-refractivity contribution in [3.8, 4) is 0 Å². The summed E-state index contributed by atoms with van der Waals surface area (Å²) in [6.45, 7) is 2.86. The normalized spacial score (nSPS) is 16.3. The number of anilines is 1. The molecule has 0 unspecified atom stereocenters. The number of benzene rings is 2. The number of rotatable bonds is 4. The molecule has 0 saturated carbocycles. The summed E-state index contributed by atoms with van der Waals surface area (Å²) in [4.78, 5) is 2.42. The van der Waals surface area contributed by atoms with Gasteiger partial charge in [0.15, 0.2) is 0 Å². The van der Waals surface area contributed by atoms with E-state index in [2.05, 4.69) is 47.4 Å². The predicted octanol–water partition coefficient (Wildman–Crippen LogP) is 3.67. The van der Waals surface area contributed by atoms with Crippen molar-refractivity contribution in [2.24, 2.45) is 0 Å².